The van der Waals surface area contributed by atoms with E-state index >= 15 is 0 Å². The van der Waals surface area contributed by atoms with Gasteiger partial charge in [-0.1, -0.05) is 30.3 Å². The lowest BCUT2D eigenvalue weighted by Crippen LogP contribution is -2.22. The number of nitrogens with zero attached hydrogens (tertiary/aromatic N) is 1. The van der Waals surface area contributed by atoms with E-state index in [0.29, 0.717) is 5.56 Å². The van der Waals surface area contributed by atoms with Crippen molar-refractivity contribution < 1.29 is 14.5 Å². The van der Waals surface area contributed by atoms with E-state index in [1.165, 1.54) is 12.1 Å². The summed E-state index contributed by atoms with van der Waals surface area (Å²) in [6.07, 6.45) is 0. The van der Waals surface area contributed by atoms with Gasteiger partial charge < -0.3 is 4.74 Å². The monoisotopic (exact) mass is 195 g/mol. The quantitative estimate of drug-likeness (QED) is 0.412. The zero-order valence-corrected chi connectivity index (χ0v) is 7.54. The Labute approximate surface area is 80.5 Å². The number of ether oxygens (including phenoxy) is 1. The van der Waals surface area contributed by atoms with Crippen molar-refractivity contribution in [2.24, 2.45) is 0 Å². The lowest BCUT2D eigenvalue weighted by Gasteiger charge is -2.06. The minimum absolute atomic E-state index is 0.323. The molecule has 0 aliphatic carbocycles. The first-order valence-electron chi connectivity index (χ1n) is 3.93. The molecule has 0 spiro atoms. The maximum Gasteiger partial charge on any atom is 0.386 e. The number of benzene rings is 1. The predicted molar refractivity (Wildman–Crippen MR) is 48.2 cm³/mol. The Bertz CT molecular complexity index is 336. The number of carbonyl (C=O) groups excluding carboxylic acids is 1. The van der Waals surface area contributed by atoms with E-state index < -0.39 is 16.9 Å². The molecule has 0 radical (unpaired) electrons. The van der Waals surface area contributed by atoms with E-state index in [1.54, 1.807) is 18.2 Å². The molecule has 5 nitrogen and oxygen atoms in total. The van der Waals surface area contributed by atoms with Gasteiger partial charge in [-0.2, -0.15) is 0 Å². The number of rotatable bonds is 3. The highest BCUT2D eigenvalue weighted by Gasteiger charge is 2.32. The fourth-order valence-electron chi connectivity index (χ4n) is 1.09. The van der Waals surface area contributed by atoms with Gasteiger partial charge in [-0.05, 0) is 0 Å². The first-order chi connectivity index (χ1) is 6.66. The molecule has 0 aromatic heterocycles. The average molecular weight is 195 g/mol. The zero-order valence-electron chi connectivity index (χ0n) is 7.54. The van der Waals surface area contributed by atoms with Crippen molar-refractivity contribution in [2.75, 3.05) is 7.11 Å². The van der Waals surface area contributed by atoms with Crippen LogP contribution in [0.5, 0.6) is 0 Å². The van der Waals surface area contributed by atoms with Gasteiger partial charge >= 0.3 is 12.0 Å². The Hall–Kier alpha value is -1.91. The zero-order chi connectivity index (χ0) is 10.6. The van der Waals surface area contributed by atoms with Gasteiger partial charge in [-0.25, -0.2) is 4.79 Å². The molecule has 0 fully saturated rings. The highest BCUT2D eigenvalue weighted by atomic mass is 16.6. The van der Waals surface area contributed by atoms with E-state index in [9.17, 15) is 14.9 Å². The Morgan fingerprint density at radius 3 is 2.43 bits per heavy atom. The molecule has 1 aromatic carbocycles. The van der Waals surface area contributed by atoms with Crippen molar-refractivity contribution in [3.8, 4) is 0 Å². The number of hydrogen-bond donors (Lipinski definition) is 0. The summed E-state index contributed by atoms with van der Waals surface area (Å²) >= 11 is 0. The minimum Gasteiger partial charge on any atom is -0.464 e. The van der Waals surface area contributed by atoms with Crippen LogP contribution in [0.1, 0.15) is 11.6 Å². The number of carbonyl (C=O) groups is 1. The third kappa shape index (κ3) is 2.07. The fraction of sp³-hybridized carbons (Fsp3) is 0.222. The smallest absolute Gasteiger partial charge is 0.386 e. The Balaban J connectivity index is 3.01. The van der Waals surface area contributed by atoms with Crippen LogP contribution in [-0.2, 0) is 9.53 Å². The minimum atomic E-state index is -1.43. The van der Waals surface area contributed by atoms with Gasteiger partial charge in [0, 0.05) is 10.5 Å². The van der Waals surface area contributed by atoms with Crippen LogP contribution in [-0.4, -0.2) is 18.0 Å². The second-order valence-electron chi connectivity index (χ2n) is 2.62. The number of methoxy groups -OCH3 is 1. The van der Waals surface area contributed by atoms with Crippen LogP contribution in [0.4, 0.5) is 0 Å². The molecule has 0 heterocycles. The second kappa shape index (κ2) is 4.36. The average Bonchev–Trinajstić information content (AvgIpc) is 2.19. The molecule has 1 atom stereocenters. The van der Waals surface area contributed by atoms with Crippen LogP contribution in [0.15, 0.2) is 30.3 Å². The molecule has 0 saturated carbocycles. The Morgan fingerprint density at radius 2 is 2.00 bits per heavy atom. The van der Waals surface area contributed by atoms with E-state index in [4.69, 9.17) is 0 Å². The van der Waals surface area contributed by atoms with Gasteiger partial charge in [0.1, 0.15) is 0 Å². The van der Waals surface area contributed by atoms with Gasteiger partial charge in [0.15, 0.2) is 0 Å². The maximum absolute atomic E-state index is 11.1. The normalized spacial score (nSPS) is 11.8. The summed E-state index contributed by atoms with van der Waals surface area (Å²) < 4.78 is 4.35. The third-order valence-electron chi connectivity index (χ3n) is 1.75. The summed E-state index contributed by atoms with van der Waals surface area (Å²) in [5, 5.41) is 10.6. The maximum atomic E-state index is 11.1. The molecule has 0 saturated heterocycles. The van der Waals surface area contributed by atoms with Crippen molar-refractivity contribution >= 4 is 5.97 Å². The highest BCUT2D eigenvalue weighted by Crippen LogP contribution is 2.17. The molecule has 0 aliphatic rings. The number of hydrogen-bond acceptors (Lipinski definition) is 4. The highest BCUT2D eigenvalue weighted by molar-refractivity contribution is 5.76. The van der Waals surface area contributed by atoms with E-state index in [1.807, 2.05) is 0 Å². The second-order valence-corrected chi connectivity index (χ2v) is 2.62. The lowest BCUT2D eigenvalue weighted by atomic mass is 10.1. The summed E-state index contributed by atoms with van der Waals surface area (Å²) in [4.78, 5) is 21.0. The fourth-order valence-corrected chi connectivity index (χ4v) is 1.09. The van der Waals surface area contributed by atoms with Crippen LogP contribution in [0, 0.1) is 10.1 Å². The van der Waals surface area contributed by atoms with Crippen LogP contribution in [0.2, 0.25) is 0 Å². The van der Waals surface area contributed by atoms with Crippen LogP contribution >= 0.6 is 0 Å². The number of nitro groups is 1. The summed E-state index contributed by atoms with van der Waals surface area (Å²) in [7, 11) is 1.13. The van der Waals surface area contributed by atoms with Gasteiger partial charge in [0.2, 0.25) is 0 Å². The molecule has 1 aromatic rings. The lowest BCUT2D eigenvalue weighted by molar-refractivity contribution is -0.516. The topological polar surface area (TPSA) is 69.4 Å². The first-order valence-corrected chi connectivity index (χ1v) is 3.93. The third-order valence-corrected chi connectivity index (χ3v) is 1.75. The first kappa shape index (κ1) is 10.2. The van der Waals surface area contributed by atoms with Gasteiger partial charge in [-0.15, -0.1) is 0 Å². The predicted octanol–water partition coefficient (Wildman–Crippen LogP) is 1.18. The van der Waals surface area contributed by atoms with Crippen LogP contribution in [0.3, 0.4) is 0 Å². The summed E-state index contributed by atoms with van der Waals surface area (Å²) in [5.41, 5.74) is 0.323. The molecule has 0 aliphatic heterocycles. The van der Waals surface area contributed by atoms with Crippen molar-refractivity contribution in [3.05, 3.63) is 46.0 Å². The van der Waals surface area contributed by atoms with E-state index in [-0.39, 0.29) is 0 Å². The van der Waals surface area contributed by atoms with E-state index in [0.717, 1.165) is 7.11 Å². The van der Waals surface area contributed by atoms with Crippen molar-refractivity contribution in [1.82, 2.24) is 0 Å². The summed E-state index contributed by atoms with van der Waals surface area (Å²) in [6.45, 7) is 0. The van der Waals surface area contributed by atoms with Gasteiger partial charge in [0.05, 0.1) is 7.11 Å². The SMILES string of the molecule is COC(=O)C(c1ccccc1)[N+](=O)[O-]. The van der Waals surface area contributed by atoms with Crippen molar-refractivity contribution in [3.63, 3.8) is 0 Å². The molecule has 0 N–H and O–H groups in total. The molecule has 1 unspecified atom stereocenters. The number of esters is 1. The molecule has 0 amide bonds. The Kier molecular flexibility index (Phi) is 3.17. The van der Waals surface area contributed by atoms with Crippen LogP contribution < -0.4 is 0 Å². The molecule has 0 bridgehead atoms. The summed E-state index contributed by atoms with van der Waals surface area (Å²) in [5.74, 6) is -0.860. The van der Waals surface area contributed by atoms with Crippen molar-refractivity contribution in [1.29, 1.82) is 0 Å². The molecule has 14 heavy (non-hydrogen) atoms. The van der Waals surface area contributed by atoms with Gasteiger partial charge in [0.25, 0.3) is 0 Å². The summed E-state index contributed by atoms with van der Waals surface area (Å²) in [6, 6.07) is 6.59. The van der Waals surface area contributed by atoms with Gasteiger partial charge in [-0.3, -0.25) is 10.1 Å². The van der Waals surface area contributed by atoms with E-state index in [2.05, 4.69) is 4.74 Å². The molecular formula is C9H9NO4. The largest absolute Gasteiger partial charge is 0.464 e. The molecular weight excluding hydrogens is 186 g/mol. The standard InChI is InChI=1S/C9H9NO4/c1-14-9(11)8(10(12)13)7-5-3-2-4-6-7/h2-6,8H,1H3. The molecule has 5 heteroatoms. The Morgan fingerprint density at radius 1 is 1.43 bits per heavy atom. The van der Waals surface area contributed by atoms with Crippen LogP contribution in [0.25, 0.3) is 0 Å². The molecule has 74 valence electrons. The molecule has 1 rings (SSSR count). The van der Waals surface area contributed by atoms with Crippen molar-refractivity contribution in [2.45, 2.75) is 6.04 Å².